The van der Waals surface area contributed by atoms with Crippen LogP contribution in [0.1, 0.15) is 37.3 Å². The molecule has 1 unspecified atom stereocenters. The second kappa shape index (κ2) is 13.4. The molecule has 2 saturated heterocycles. The van der Waals surface area contributed by atoms with Crippen molar-refractivity contribution >= 4 is 29.9 Å². The molecule has 3 rings (SSSR count). The summed E-state index contributed by atoms with van der Waals surface area (Å²) in [6.07, 6.45) is 2.84. The Hall–Kier alpha value is -1.10. The van der Waals surface area contributed by atoms with Gasteiger partial charge in [0.05, 0.1) is 25.4 Å². The molecule has 2 fully saturated rings. The number of methoxy groups -OCH3 is 1. The monoisotopic (exact) mass is 547 g/mol. The fourth-order valence-corrected chi connectivity index (χ4v) is 3.80. The number of hydrogen-bond acceptors (Lipinski definition) is 5. The Bertz CT molecular complexity index is 689. The van der Waals surface area contributed by atoms with Crippen LogP contribution < -0.4 is 15.4 Å². The van der Waals surface area contributed by atoms with Gasteiger partial charge in [-0.1, -0.05) is 12.1 Å². The Balaban J connectivity index is 0.00000341. The number of aliphatic imine (C=N–C) groups is 1. The topological polar surface area (TPSA) is 73.3 Å². The summed E-state index contributed by atoms with van der Waals surface area (Å²) in [6, 6.07) is 6.32. The number of rotatable bonds is 9. The predicted octanol–water partition coefficient (Wildman–Crippen LogP) is 3.28. The molecular weight excluding hydrogens is 509 g/mol. The molecule has 2 N–H and O–H groups in total. The second-order valence-electron chi connectivity index (χ2n) is 8.20. The average Bonchev–Trinajstić information content (AvgIpc) is 3.29. The van der Waals surface area contributed by atoms with Crippen LogP contribution in [0.25, 0.3) is 0 Å². The van der Waals surface area contributed by atoms with Crippen molar-refractivity contribution < 1.29 is 18.9 Å². The van der Waals surface area contributed by atoms with Gasteiger partial charge in [-0.05, 0) is 31.9 Å². The summed E-state index contributed by atoms with van der Waals surface area (Å²) < 4.78 is 22.9. The molecule has 2 aliphatic heterocycles. The summed E-state index contributed by atoms with van der Waals surface area (Å²) in [4.78, 5) is 4.81. The lowest BCUT2D eigenvalue weighted by atomic mass is 9.94. The van der Waals surface area contributed by atoms with E-state index in [4.69, 9.17) is 23.9 Å². The van der Waals surface area contributed by atoms with Crippen molar-refractivity contribution in [2.75, 3.05) is 53.2 Å². The molecule has 0 amide bonds. The third-order valence-electron chi connectivity index (χ3n) is 5.89. The van der Waals surface area contributed by atoms with Gasteiger partial charge in [0.2, 0.25) is 0 Å². The SMILES string of the molecule is CCNC(=NCc1ccc(C)cc1OCC1CCOC1)NCC1(OC)CCOCC1.I. The average molecular weight is 547 g/mol. The van der Waals surface area contributed by atoms with E-state index in [0.29, 0.717) is 25.6 Å². The molecule has 0 saturated carbocycles. The maximum Gasteiger partial charge on any atom is 0.191 e. The van der Waals surface area contributed by atoms with Crippen molar-refractivity contribution in [2.45, 2.75) is 45.3 Å². The molecule has 8 heteroatoms. The van der Waals surface area contributed by atoms with Crippen molar-refractivity contribution in [3.05, 3.63) is 29.3 Å². The molecule has 2 heterocycles. The summed E-state index contributed by atoms with van der Waals surface area (Å²) >= 11 is 0. The fourth-order valence-electron chi connectivity index (χ4n) is 3.80. The Morgan fingerprint density at radius 3 is 2.68 bits per heavy atom. The molecule has 0 spiro atoms. The first-order valence-corrected chi connectivity index (χ1v) is 11.1. The summed E-state index contributed by atoms with van der Waals surface area (Å²) in [5.74, 6) is 2.18. The van der Waals surface area contributed by atoms with E-state index >= 15 is 0 Å². The predicted molar refractivity (Wildman–Crippen MR) is 134 cm³/mol. The number of nitrogens with one attached hydrogen (secondary N) is 2. The highest BCUT2D eigenvalue weighted by molar-refractivity contribution is 14.0. The number of hydrogen-bond donors (Lipinski definition) is 2. The normalized spacial score (nSPS) is 20.7. The lowest BCUT2D eigenvalue weighted by Crippen LogP contribution is -2.50. The molecule has 1 atom stereocenters. The summed E-state index contributed by atoms with van der Waals surface area (Å²) in [7, 11) is 1.78. The Labute approximate surface area is 203 Å². The zero-order chi connectivity index (χ0) is 21.2. The van der Waals surface area contributed by atoms with Gasteiger partial charge in [0.1, 0.15) is 5.75 Å². The van der Waals surface area contributed by atoms with Crippen LogP contribution in [0.15, 0.2) is 23.2 Å². The number of halogens is 1. The zero-order valence-electron chi connectivity index (χ0n) is 19.1. The minimum absolute atomic E-state index is 0. The quantitative estimate of drug-likeness (QED) is 0.281. The molecule has 0 radical (unpaired) electrons. The van der Waals surface area contributed by atoms with E-state index < -0.39 is 0 Å². The highest BCUT2D eigenvalue weighted by Crippen LogP contribution is 2.25. The Kier molecular flexibility index (Phi) is 11.3. The first kappa shape index (κ1) is 26.2. The van der Waals surface area contributed by atoms with Crippen LogP contribution in [0.4, 0.5) is 0 Å². The van der Waals surface area contributed by atoms with Gasteiger partial charge in [0.15, 0.2) is 5.96 Å². The van der Waals surface area contributed by atoms with Crippen LogP contribution in [0.5, 0.6) is 5.75 Å². The highest BCUT2D eigenvalue weighted by Gasteiger charge is 2.32. The van der Waals surface area contributed by atoms with Crippen molar-refractivity contribution in [2.24, 2.45) is 10.9 Å². The molecular formula is C23H38IN3O4. The van der Waals surface area contributed by atoms with E-state index in [1.807, 2.05) is 0 Å². The van der Waals surface area contributed by atoms with Gasteiger partial charge in [0, 0.05) is 64.3 Å². The molecule has 0 aromatic heterocycles. The second-order valence-corrected chi connectivity index (χ2v) is 8.20. The summed E-state index contributed by atoms with van der Waals surface area (Å²) in [5, 5.41) is 6.80. The smallest absolute Gasteiger partial charge is 0.191 e. The standard InChI is InChI=1S/C23H37N3O4.HI/c1-4-24-22(26-17-23(27-3)8-11-28-12-9-23)25-14-20-6-5-18(2)13-21(20)30-16-19-7-10-29-15-19;/h5-6,13,19H,4,7-12,14-17H2,1-3H3,(H2,24,25,26);1H. The van der Waals surface area contributed by atoms with Crippen molar-refractivity contribution in [1.82, 2.24) is 10.6 Å². The van der Waals surface area contributed by atoms with Crippen LogP contribution in [0, 0.1) is 12.8 Å². The third kappa shape index (κ3) is 8.07. The number of nitrogens with zero attached hydrogens (tertiary/aromatic N) is 1. The van der Waals surface area contributed by atoms with E-state index in [2.05, 4.69) is 42.7 Å². The van der Waals surface area contributed by atoms with Crippen LogP contribution in [-0.2, 0) is 20.8 Å². The minimum Gasteiger partial charge on any atom is -0.493 e. The molecule has 2 aliphatic rings. The van der Waals surface area contributed by atoms with E-state index in [9.17, 15) is 0 Å². The van der Waals surface area contributed by atoms with Crippen molar-refractivity contribution in [3.63, 3.8) is 0 Å². The molecule has 7 nitrogen and oxygen atoms in total. The van der Waals surface area contributed by atoms with Gasteiger partial charge in [-0.15, -0.1) is 24.0 Å². The lowest BCUT2D eigenvalue weighted by Gasteiger charge is -2.36. The third-order valence-corrected chi connectivity index (χ3v) is 5.89. The van der Waals surface area contributed by atoms with Gasteiger partial charge < -0.3 is 29.6 Å². The molecule has 31 heavy (non-hydrogen) atoms. The van der Waals surface area contributed by atoms with Crippen LogP contribution in [0.3, 0.4) is 0 Å². The van der Waals surface area contributed by atoms with E-state index in [1.165, 1.54) is 5.56 Å². The summed E-state index contributed by atoms with van der Waals surface area (Å²) in [5.41, 5.74) is 2.08. The van der Waals surface area contributed by atoms with Gasteiger partial charge in [-0.3, -0.25) is 0 Å². The van der Waals surface area contributed by atoms with E-state index in [0.717, 1.165) is 69.5 Å². The van der Waals surface area contributed by atoms with E-state index in [-0.39, 0.29) is 29.6 Å². The Morgan fingerprint density at radius 2 is 2.00 bits per heavy atom. The molecule has 0 aliphatic carbocycles. The molecule has 1 aromatic carbocycles. The number of aryl methyl sites for hydroxylation is 1. The summed E-state index contributed by atoms with van der Waals surface area (Å²) in [6.45, 7) is 10.0. The molecule has 176 valence electrons. The zero-order valence-corrected chi connectivity index (χ0v) is 21.4. The van der Waals surface area contributed by atoms with Gasteiger partial charge >= 0.3 is 0 Å². The number of benzene rings is 1. The van der Waals surface area contributed by atoms with Crippen LogP contribution in [-0.4, -0.2) is 64.8 Å². The lowest BCUT2D eigenvalue weighted by molar-refractivity contribution is -0.0855. The maximum absolute atomic E-state index is 6.16. The first-order chi connectivity index (χ1) is 14.6. The Morgan fingerprint density at radius 1 is 1.19 bits per heavy atom. The molecule has 0 bridgehead atoms. The molecule has 1 aromatic rings. The van der Waals surface area contributed by atoms with Gasteiger partial charge in [0.25, 0.3) is 0 Å². The van der Waals surface area contributed by atoms with E-state index in [1.54, 1.807) is 7.11 Å². The first-order valence-electron chi connectivity index (χ1n) is 11.1. The number of guanidine groups is 1. The van der Waals surface area contributed by atoms with Gasteiger partial charge in [-0.25, -0.2) is 4.99 Å². The van der Waals surface area contributed by atoms with Crippen LogP contribution in [0.2, 0.25) is 0 Å². The van der Waals surface area contributed by atoms with Crippen LogP contribution >= 0.6 is 24.0 Å². The van der Waals surface area contributed by atoms with Crippen molar-refractivity contribution in [3.8, 4) is 5.75 Å². The van der Waals surface area contributed by atoms with Crippen molar-refractivity contribution in [1.29, 1.82) is 0 Å². The minimum atomic E-state index is -0.198. The fraction of sp³-hybridized carbons (Fsp3) is 0.696. The largest absolute Gasteiger partial charge is 0.493 e. The maximum atomic E-state index is 6.16. The van der Waals surface area contributed by atoms with Gasteiger partial charge in [-0.2, -0.15) is 0 Å². The highest BCUT2D eigenvalue weighted by atomic mass is 127. The number of ether oxygens (including phenoxy) is 4.